The number of carbonyl (C=O) groups excluding carboxylic acids is 1. The van der Waals surface area contributed by atoms with Crippen molar-refractivity contribution in [3.63, 3.8) is 0 Å². The van der Waals surface area contributed by atoms with E-state index in [0.717, 1.165) is 16.9 Å². The largest absolute Gasteiger partial charge is 0.494 e. The van der Waals surface area contributed by atoms with Crippen molar-refractivity contribution in [1.29, 1.82) is 0 Å². The summed E-state index contributed by atoms with van der Waals surface area (Å²) in [6, 6.07) is 15.0. The van der Waals surface area contributed by atoms with Crippen LogP contribution in [0.3, 0.4) is 0 Å². The zero-order chi connectivity index (χ0) is 19.1. The van der Waals surface area contributed by atoms with E-state index in [1.54, 1.807) is 24.3 Å². The Hall–Kier alpha value is -2.86. The number of nitrogens with one attached hydrogen (secondary N) is 1. The van der Waals surface area contributed by atoms with Crippen molar-refractivity contribution in [2.45, 2.75) is 26.3 Å². The first-order valence-corrected chi connectivity index (χ1v) is 9.02. The molecule has 1 N–H and O–H groups in total. The fraction of sp³-hybridized carbons (Fsp3) is 0.250. The van der Waals surface area contributed by atoms with E-state index in [-0.39, 0.29) is 12.5 Å². The van der Waals surface area contributed by atoms with Gasteiger partial charge in [-0.05, 0) is 43.7 Å². The van der Waals surface area contributed by atoms with Crippen molar-refractivity contribution >= 4 is 17.5 Å². The maximum absolute atomic E-state index is 11.9. The first-order chi connectivity index (χ1) is 13.1. The second kappa shape index (κ2) is 9.19. The van der Waals surface area contributed by atoms with Crippen LogP contribution in [0.5, 0.6) is 5.75 Å². The Kier molecular flexibility index (Phi) is 6.44. The SMILES string of the molecule is Cc1cccc(-c2noc(CNC(=O)CCCOc3ccc(Cl)cc3)n2)c1. The first-order valence-electron chi connectivity index (χ1n) is 8.65. The van der Waals surface area contributed by atoms with E-state index in [2.05, 4.69) is 15.5 Å². The molecular formula is C20H20ClN3O3. The smallest absolute Gasteiger partial charge is 0.246 e. The van der Waals surface area contributed by atoms with Crippen LogP contribution >= 0.6 is 11.6 Å². The van der Waals surface area contributed by atoms with E-state index in [9.17, 15) is 4.79 Å². The molecule has 0 unspecified atom stereocenters. The number of aryl methyl sites for hydroxylation is 1. The molecular weight excluding hydrogens is 366 g/mol. The van der Waals surface area contributed by atoms with Crippen LogP contribution in [0.2, 0.25) is 5.02 Å². The van der Waals surface area contributed by atoms with Gasteiger partial charge >= 0.3 is 0 Å². The average molecular weight is 386 g/mol. The maximum atomic E-state index is 11.9. The third kappa shape index (κ3) is 5.82. The molecule has 1 heterocycles. The molecule has 3 rings (SSSR count). The van der Waals surface area contributed by atoms with Gasteiger partial charge in [-0.2, -0.15) is 4.98 Å². The summed E-state index contributed by atoms with van der Waals surface area (Å²) in [5.74, 6) is 1.52. The standard InChI is InChI=1S/C20H20ClN3O3/c1-14-4-2-5-15(12-14)20-23-19(27-24-20)13-22-18(25)6-3-11-26-17-9-7-16(21)8-10-17/h2,4-5,7-10,12H,3,6,11,13H2,1H3,(H,22,25). The van der Waals surface area contributed by atoms with Crippen LogP contribution in [0.1, 0.15) is 24.3 Å². The van der Waals surface area contributed by atoms with Gasteiger partial charge in [0.1, 0.15) is 5.75 Å². The lowest BCUT2D eigenvalue weighted by Crippen LogP contribution is -2.23. The number of halogens is 1. The van der Waals surface area contributed by atoms with Gasteiger partial charge < -0.3 is 14.6 Å². The molecule has 0 aliphatic carbocycles. The van der Waals surface area contributed by atoms with Crippen molar-refractivity contribution in [1.82, 2.24) is 15.5 Å². The van der Waals surface area contributed by atoms with Crippen molar-refractivity contribution < 1.29 is 14.1 Å². The van der Waals surface area contributed by atoms with E-state index in [4.69, 9.17) is 20.9 Å². The highest BCUT2D eigenvalue weighted by Crippen LogP contribution is 2.17. The molecule has 27 heavy (non-hydrogen) atoms. The molecule has 0 bridgehead atoms. The molecule has 140 valence electrons. The Bertz CT molecular complexity index is 893. The Morgan fingerprint density at radius 3 is 2.81 bits per heavy atom. The molecule has 6 nitrogen and oxygen atoms in total. The summed E-state index contributed by atoms with van der Waals surface area (Å²) in [6.45, 7) is 2.66. The van der Waals surface area contributed by atoms with E-state index in [0.29, 0.717) is 36.2 Å². The highest BCUT2D eigenvalue weighted by Gasteiger charge is 2.10. The Morgan fingerprint density at radius 1 is 1.22 bits per heavy atom. The van der Waals surface area contributed by atoms with Crippen LogP contribution in [0.4, 0.5) is 0 Å². The first kappa shape index (κ1) is 18.9. The Morgan fingerprint density at radius 2 is 2.04 bits per heavy atom. The van der Waals surface area contributed by atoms with Gasteiger partial charge in [0.15, 0.2) is 0 Å². The zero-order valence-corrected chi connectivity index (χ0v) is 15.7. The predicted molar refractivity (Wildman–Crippen MR) is 102 cm³/mol. The van der Waals surface area contributed by atoms with Crippen LogP contribution in [0.15, 0.2) is 53.1 Å². The molecule has 0 spiro atoms. The average Bonchev–Trinajstić information content (AvgIpc) is 3.14. The summed E-state index contributed by atoms with van der Waals surface area (Å²) in [7, 11) is 0. The van der Waals surface area contributed by atoms with Crippen LogP contribution in [0.25, 0.3) is 11.4 Å². The molecule has 2 aromatic carbocycles. The summed E-state index contributed by atoms with van der Waals surface area (Å²) in [5.41, 5.74) is 2.00. The summed E-state index contributed by atoms with van der Waals surface area (Å²) in [4.78, 5) is 16.2. The van der Waals surface area contributed by atoms with Gasteiger partial charge in [-0.1, -0.05) is 40.5 Å². The van der Waals surface area contributed by atoms with Crippen LogP contribution in [-0.4, -0.2) is 22.7 Å². The summed E-state index contributed by atoms with van der Waals surface area (Å²) in [6.07, 6.45) is 0.958. The van der Waals surface area contributed by atoms with Gasteiger partial charge in [-0.15, -0.1) is 0 Å². The lowest BCUT2D eigenvalue weighted by atomic mass is 10.1. The van der Waals surface area contributed by atoms with Crippen molar-refractivity contribution in [2.75, 3.05) is 6.61 Å². The monoisotopic (exact) mass is 385 g/mol. The Balaban J connectivity index is 1.38. The molecule has 0 radical (unpaired) electrons. The number of rotatable bonds is 8. The number of ether oxygens (including phenoxy) is 1. The van der Waals surface area contributed by atoms with Gasteiger partial charge in [0.25, 0.3) is 0 Å². The number of nitrogens with zero attached hydrogens (tertiary/aromatic N) is 2. The molecule has 0 aliphatic rings. The summed E-state index contributed by atoms with van der Waals surface area (Å²) in [5, 5.41) is 7.39. The minimum absolute atomic E-state index is 0.0926. The van der Waals surface area contributed by atoms with E-state index in [1.807, 2.05) is 31.2 Å². The number of hydrogen-bond donors (Lipinski definition) is 1. The molecule has 1 aromatic heterocycles. The number of aromatic nitrogens is 2. The highest BCUT2D eigenvalue weighted by atomic mass is 35.5. The minimum atomic E-state index is -0.0926. The second-order valence-electron chi connectivity index (χ2n) is 6.06. The van der Waals surface area contributed by atoms with Gasteiger partial charge in [0, 0.05) is 17.0 Å². The summed E-state index contributed by atoms with van der Waals surface area (Å²) < 4.78 is 10.7. The van der Waals surface area contributed by atoms with Crippen molar-refractivity contribution in [2.24, 2.45) is 0 Å². The molecule has 3 aromatic rings. The van der Waals surface area contributed by atoms with Gasteiger partial charge in [0.05, 0.1) is 13.2 Å². The lowest BCUT2D eigenvalue weighted by Gasteiger charge is -2.06. The number of amides is 1. The van der Waals surface area contributed by atoms with Gasteiger partial charge in [-0.25, -0.2) is 0 Å². The molecule has 0 atom stereocenters. The lowest BCUT2D eigenvalue weighted by molar-refractivity contribution is -0.121. The molecule has 0 fully saturated rings. The van der Waals surface area contributed by atoms with E-state index < -0.39 is 0 Å². The zero-order valence-electron chi connectivity index (χ0n) is 14.9. The third-order valence-corrected chi connectivity index (χ3v) is 4.06. The molecule has 0 aliphatic heterocycles. The molecule has 7 heteroatoms. The highest BCUT2D eigenvalue weighted by molar-refractivity contribution is 6.30. The Labute approximate surface area is 162 Å². The quantitative estimate of drug-likeness (QED) is 0.589. The van der Waals surface area contributed by atoms with Crippen molar-refractivity contribution in [3.8, 4) is 17.1 Å². The number of carbonyl (C=O) groups is 1. The van der Waals surface area contributed by atoms with Crippen molar-refractivity contribution in [3.05, 3.63) is 65.0 Å². The maximum Gasteiger partial charge on any atom is 0.246 e. The van der Waals surface area contributed by atoms with Crippen LogP contribution in [0, 0.1) is 6.92 Å². The molecule has 1 amide bonds. The van der Waals surface area contributed by atoms with Gasteiger partial charge in [0.2, 0.25) is 17.6 Å². The van der Waals surface area contributed by atoms with Crippen LogP contribution < -0.4 is 10.1 Å². The minimum Gasteiger partial charge on any atom is -0.494 e. The number of hydrogen-bond acceptors (Lipinski definition) is 5. The third-order valence-electron chi connectivity index (χ3n) is 3.81. The van der Waals surface area contributed by atoms with Gasteiger partial charge in [-0.3, -0.25) is 4.79 Å². The normalized spacial score (nSPS) is 10.6. The topological polar surface area (TPSA) is 77.2 Å². The van der Waals surface area contributed by atoms with E-state index in [1.165, 1.54) is 0 Å². The predicted octanol–water partition coefficient (Wildman–Crippen LogP) is 4.17. The molecule has 0 saturated carbocycles. The summed E-state index contributed by atoms with van der Waals surface area (Å²) >= 11 is 5.82. The number of benzene rings is 2. The fourth-order valence-corrected chi connectivity index (χ4v) is 2.57. The fourth-order valence-electron chi connectivity index (χ4n) is 2.44. The second-order valence-corrected chi connectivity index (χ2v) is 6.50. The van der Waals surface area contributed by atoms with Crippen LogP contribution in [-0.2, 0) is 11.3 Å². The molecule has 0 saturated heterocycles. The van der Waals surface area contributed by atoms with E-state index >= 15 is 0 Å².